The Balaban J connectivity index is 3.36. The van der Waals surface area contributed by atoms with Gasteiger partial charge >= 0.3 is 6.18 Å². The fraction of sp³-hybridized carbons (Fsp3) is 0.222. The predicted molar refractivity (Wildman–Crippen MR) is 44.6 cm³/mol. The molecule has 80 valence electrons. The van der Waals surface area contributed by atoms with Crippen molar-refractivity contribution < 1.29 is 22.8 Å². The van der Waals surface area contributed by atoms with E-state index in [2.05, 4.69) is 4.98 Å². The summed E-state index contributed by atoms with van der Waals surface area (Å²) in [5.41, 5.74) is -1.83. The van der Waals surface area contributed by atoms with E-state index < -0.39 is 23.3 Å². The van der Waals surface area contributed by atoms with E-state index in [4.69, 9.17) is 0 Å². The van der Waals surface area contributed by atoms with E-state index in [0.29, 0.717) is 6.07 Å². The van der Waals surface area contributed by atoms with Gasteiger partial charge in [-0.15, -0.1) is 0 Å². The van der Waals surface area contributed by atoms with Gasteiger partial charge in [0.05, 0.1) is 0 Å². The van der Waals surface area contributed by atoms with Gasteiger partial charge in [-0.1, -0.05) is 0 Å². The maximum absolute atomic E-state index is 12.3. The Hall–Kier alpha value is -1.72. The maximum atomic E-state index is 12.3. The summed E-state index contributed by atoms with van der Waals surface area (Å²) in [6, 6.07) is 1.64. The van der Waals surface area contributed by atoms with Crippen LogP contribution in [0.4, 0.5) is 13.2 Å². The van der Waals surface area contributed by atoms with Gasteiger partial charge in [-0.05, 0) is 19.1 Å². The fourth-order valence-electron chi connectivity index (χ4n) is 0.961. The SMILES string of the molecule is CC(=O)c1cc(C=O)nc(C(F)(F)F)c1. The molecule has 0 N–H and O–H groups in total. The van der Waals surface area contributed by atoms with Gasteiger partial charge in [-0.25, -0.2) is 4.98 Å². The van der Waals surface area contributed by atoms with Gasteiger partial charge in [-0.3, -0.25) is 9.59 Å². The van der Waals surface area contributed by atoms with E-state index in [1.54, 1.807) is 0 Å². The Labute approximate surface area is 82.9 Å². The number of pyridine rings is 1. The first-order valence-electron chi connectivity index (χ1n) is 3.90. The third kappa shape index (κ3) is 2.61. The number of Topliss-reactive ketones (excluding diaryl/α,β-unsaturated/α-hetero) is 1. The number of halogens is 3. The van der Waals surface area contributed by atoms with Crippen molar-refractivity contribution >= 4 is 12.1 Å². The number of carbonyl (C=O) groups is 2. The predicted octanol–water partition coefficient (Wildman–Crippen LogP) is 2.12. The van der Waals surface area contributed by atoms with E-state index in [-0.39, 0.29) is 11.8 Å². The van der Waals surface area contributed by atoms with E-state index in [0.717, 1.165) is 13.0 Å². The summed E-state index contributed by atoms with van der Waals surface area (Å²) in [6.07, 6.45) is -4.50. The molecule has 0 aliphatic heterocycles. The Bertz CT molecular complexity index is 412. The molecule has 0 aromatic carbocycles. The number of hydrogen-bond acceptors (Lipinski definition) is 3. The van der Waals surface area contributed by atoms with Crippen LogP contribution in [-0.4, -0.2) is 17.1 Å². The van der Waals surface area contributed by atoms with Crippen LogP contribution in [0.2, 0.25) is 0 Å². The summed E-state index contributed by atoms with van der Waals surface area (Å²) in [6.45, 7) is 1.12. The van der Waals surface area contributed by atoms with Gasteiger partial charge in [-0.2, -0.15) is 13.2 Å². The van der Waals surface area contributed by atoms with E-state index in [1.807, 2.05) is 0 Å². The average Bonchev–Trinajstić information content (AvgIpc) is 2.15. The minimum Gasteiger partial charge on any atom is -0.296 e. The van der Waals surface area contributed by atoms with Gasteiger partial charge in [0, 0.05) is 5.56 Å². The second-order valence-electron chi connectivity index (χ2n) is 2.84. The number of ketones is 1. The Morgan fingerprint density at radius 3 is 2.40 bits per heavy atom. The summed E-state index contributed by atoms with van der Waals surface area (Å²) in [5, 5.41) is 0. The molecule has 0 radical (unpaired) electrons. The lowest BCUT2D eigenvalue weighted by Crippen LogP contribution is -2.11. The van der Waals surface area contributed by atoms with E-state index in [9.17, 15) is 22.8 Å². The summed E-state index contributed by atoms with van der Waals surface area (Å²) in [7, 11) is 0. The van der Waals surface area contributed by atoms with Crippen molar-refractivity contribution in [1.82, 2.24) is 4.98 Å². The molecule has 0 unspecified atom stereocenters. The first kappa shape index (κ1) is 11.4. The normalized spacial score (nSPS) is 11.2. The topological polar surface area (TPSA) is 47.0 Å². The molecule has 1 heterocycles. The second kappa shape index (κ2) is 3.80. The summed E-state index contributed by atoms with van der Waals surface area (Å²) in [5.74, 6) is -0.550. The van der Waals surface area contributed by atoms with Crippen molar-refractivity contribution in [3.8, 4) is 0 Å². The molecule has 0 aliphatic rings. The fourth-order valence-corrected chi connectivity index (χ4v) is 0.961. The van der Waals surface area contributed by atoms with Crippen molar-refractivity contribution in [3.63, 3.8) is 0 Å². The molecule has 0 fully saturated rings. The highest BCUT2D eigenvalue weighted by Gasteiger charge is 2.33. The number of nitrogens with zero attached hydrogens (tertiary/aromatic N) is 1. The molecule has 0 spiro atoms. The van der Waals surface area contributed by atoms with Crippen LogP contribution in [0.15, 0.2) is 12.1 Å². The Morgan fingerprint density at radius 1 is 1.40 bits per heavy atom. The van der Waals surface area contributed by atoms with Gasteiger partial charge in [0.2, 0.25) is 0 Å². The van der Waals surface area contributed by atoms with Crippen LogP contribution in [0.3, 0.4) is 0 Å². The quantitative estimate of drug-likeness (QED) is 0.563. The third-order valence-corrected chi connectivity index (χ3v) is 1.66. The lowest BCUT2D eigenvalue weighted by molar-refractivity contribution is -0.141. The number of hydrogen-bond donors (Lipinski definition) is 0. The van der Waals surface area contributed by atoms with Crippen LogP contribution in [0.25, 0.3) is 0 Å². The van der Waals surface area contributed by atoms with Crippen molar-refractivity contribution in [1.29, 1.82) is 0 Å². The molecular formula is C9H6F3NO2. The van der Waals surface area contributed by atoms with E-state index >= 15 is 0 Å². The second-order valence-corrected chi connectivity index (χ2v) is 2.84. The molecule has 0 aliphatic carbocycles. The largest absolute Gasteiger partial charge is 0.433 e. The van der Waals surface area contributed by atoms with Crippen LogP contribution < -0.4 is 0 Å². The molecule has 15 heavy (non-hydrogen) atoms. The molecule has 3 nitrogen and oxygen atoms in total. The third-order valence-electron chi connectivity index (χ3n) is 1.66. The summed E-state index contributed by atoms with van der Waals surface area (Å²) < 4.78 is 36.8. The minimum absolute atomic E-state index is 0.168. The number of alkyl halides is 3. The monoisotopic (exact) mass is 217 g/mol. The molecule has 0 saturated carbocycles. The van der Waals surface area contributed by atoms with Gasteiger partial charge in [0.15, 0.2) is 12.1 Å². The zero-order chi connectivity index (χ0) is 11.6. The lowest BCUT2D eigenvalue weighted by Gasteiger charge is -2.07. The maximum Gasteiger partial charge on any atom is 0.433 e. The minimum atomic E-state index is -4.66. The number of aromatic nitrogens is 1. The zero-order valence-corrected chi connectivity index (χ0v) is 7.63. The van der Waals surface area contributed by atoms with Crippen LogP contribution >= 0.6 is 0 Å². The highest BCUT2D eigenvalue weighted by atomic mass is 19.4. The molecule has 1 aromatic rings. The van der Waals surface area contributed by atoms with E-state index in [1.165, 1.54) is 0 Å². The average molecular weight is 217 g/mol. The molecule has 0 amide bonds. The molecule has 0 saturated heterocycles. The van der Waals surface area contributed by atoms with Crippen molar-refractivity contribution in [2.45, 2.75) is 13.1 Å². The molecule has 0 bridgehead atoms. The summed E-state index contributed by atoms with van der Waals surface area (Å²) >= 11 is 0. The number of rotatable bonds is 2. The highest BCUT2D eigenvalue weighted by Crippen LogP contribution is 2.28. The molecule has 6 heteroatoms. The van der Waals surface area contributed by atoms with Crippen molar-refractivity contribution in [2.24, 2.45) is 0 Å². The standard InChI is InChI=1S/C9H6F3NO2/c1-5(15)6-2-7(4-14)13-8(3-6)9(10,11)12/h2-4H,1H3. The lowest BCUT2D eigenvalue weighted by atomic mass is 10.1. The first-order chi connectivity index (χ1) is 6.84. The van der Waals surface area contributed by atoms with Crippen molar-refractivity contribution in [3.05, 3.63) is 29.1 Å². The van der Waals surface area contributed by atoms with Crippen LogP contribution in [0, 0.1) is 0 Å². The summed E-state index contributed by atoms with van der Waals surface area (Å²) in [4.78, 5) is 24.3. The van der Waals surface area contributed by atoms with Gasteiger partial charge in [0.25, 0.3) is 0 Å². The van der Waals surface area contributed by atoms with Gasteiger partial charge in [0.1, 0.15) is 11.4 Å². The molecule has 1 aromatic heterocycles. The number of aldehydes is 1. The Kier molecular flexibility index (Phi) is 2.88. The highest BCUT2D eigenvalue weighted by molar-refractivity contribution is 5.95. The molecule has 1 rings (SSSR count). The zero-order valence-electron chi connectivity index (χ0n) is 7.63. The smallest absolute Gasteiger partial charge is 0.296 e. The molecule has 0 atom stereocenters. The Morgan fingerprint density at radius 2 is 2.00 bits per heavy atom. The van der Waals surface area contributed by atoms with Crippen LogP contribution in [-0.2, 0) is 6.18 Å². The van der Waals surface area contributed by atoms with Gasteiger partial charge < -0.3 is 0 Å². The number of carbonyl (C=O) groups excluding carboxylic acids is 2. The van der Waals surface area contributed by atoms with Crippen LogP contribution in [0.5, 0.6) is 0 Å². The van der Waals surface area contributed by atoms with Crippen molar-refractivity contribution in [2.75, 3.05) is 0 Å². The first-order valence-corrected chi connectivity index (χ1v) is 3.90. The molecular weight excluding hydrogens is 211 g/mol. The van der Waals surface area contributed by atoms with Crippen LogP contribution in [0.1, 0.15) is 33.5 Å².